The first-order valence-corrected chi connectivity index (χ1v) is 14.0. The highest BCUT2D eigenvalue weighted by Crippen LogP contribution is 2.30. The summed E-state index contributed by atoms with van der Waals surface area (Å²) in [4.78, 5) is 49.7. The predicted molar refractivity (Wildman–Crippen MR) is 158 cm³/mol. The van der Waals surface area contributed by atoms with Gasteiger partial charge in [0, 0.05) is 0 Å². The second-order valence-electron chi connectivity index (χ2n) is 12.6. The van der Waals surface area contributed by atoms with Crippen LogP contribution in [-0.2, 0) is 30.2 Å². The number of carbonyl (C=O) groups excluding carboxylic acids is 4. The van der Waals surface area contributed by atoms with Crippen LogP contribution in [0.5, 0.6) is 11.5 Å². The summed E-state index contributed by atoms with van der Waals surface area (Å²) < 4.78 is 31.8. The van der Waals surface area contributed by atoms with Gasteiger partial charge in [0.1, 0.15) is 18.2 Å². The monoisotopic (exact) mass is 601 g/mol. The fraction of sp³-hybridized carbons (Fsp3) is 0.500. The first-order chi connectivity index (χ1) is 19.9. The van der Waals surface area contributed by atoms with Crippen molar-refractivity contribution in [1.29, 1.82) is 0 Å². The van der Waals surface area contributed by atoms with E-state index in [2.05, 4.69) is 0 Å². The Morgan fingerprint density at radius 2 is 1.23 bits per heavy atom. The Morgan fingerprint density at radius 3 is 1.77 bits per heavy atom. The lowest BCUT2D eigenvalue weighted by atomic mass is 9.99. The number of esters is 2. The van der Waals surface area contributed by atoms with E-state index in [1.54, 1.807) is 50.2 Å². The lowest BCUT2D eigenvalue weighted by Gasteiger charge is -2.22. The van der Waals surface area contributed by atoms with Gasteiger partial charge >= 0.3 is 24.2 Å². The van der Waals surface area contributed by atoms with Crippen LogP contribution >= 0.6 is 0 Å². The Morgan fingerprint density at radius 1 is 0.721 bits per heavy atom. The Labute approximate surface area is 252 Å². The Hall–Kier alpha value is -4.12. The lowest BCUT2D eigenvalue weighted by molar-refractivity contribution is -0.154. The van der Waals surface area contributed by atoms with Gasteiger partial charge in [-0.15, -0.1) is 0 Å². The predicted octanol–water partition coefficient (Wildman–Crippen LogP) is 5.86. The minimum Gasteiger partial charge on any atom is -0.458 e. The van der Waals surface area contributed by atoms with Crippen molar-refractivity contribution >= 4 is 24.2 Å². The lowest BCUT2D eigenvalue weighted by Crippen LogP contribution is -2.39. The normalized spacial score (nSPS) is 13.6. The van der Waals surface area contributed by atoms with E-state index >= 15 is 0 Å². The quantitative estimate of drug-likeness (QED) is 0.187. The van der Waals surface area contributed by atoms with E-state index < -0.39 is 42.5 Å². The number of carbonyl (C=O) groups is 4. The molecule has 2 aromatic rings. The number of nitrogens with two attached hydrogens (primary N) is 1. The molecule has 0 bridgehead atoms. The highest BCUT2D eigenvalue weighted by molar-refractivity contribution is 5.89. The topological polar surface area (TPSA) is 150 Å². The third-order valence-electron chi connectivity index (χ3n) is 5.66. The number of rotatable bonds is 11. The van der Waals surface area contributed by atoms with Crippen molar-refractivity contribution in [1.82, 2.24) is 0 Å². The largest absolute Gasteiger partial charge is 0.513 e. The molecule has 0 radical (unpaired) electrons. The Kier molecular flexibility index (Phi) is 12.5. The maximum Gasteiger partial charge on any atom is 0.513 e. The molecule has 0 aromatic heterocycles. The van der Waals surface area contributed by atoms with E-state index in [1.807, 2.05) is 41.5 Å². The van der Waals surface area contributed by atoms with E-state index in [4.69, 9.17) is 34.2 Å². The average Bonchev–Trinajstić information content (AvgIpc) is 2.91. The summed E-state index contributed by atoms with van der Waals surface area (Å²) >= 11 is 0. The fourth-order valence-electron chi connectivity index (χ4n) is 3.24. The highest BCUT2D eigenvalue weighted by atomic mass is 16.7. The third kappa shape index (κ3) is 13.2. The van der Waals surface area contributed by atoms with Crippen LogP contribution in [0, 0.1) is 10.8 Å². The van der Waals surface area contributed by atoms with Gasteiger partial charge in [0.05, 0.1) is 18.8 Å². The van der Waals surface area contributed by atoms with Gasteiger partial charge in [-0.25, -0.2) is 14.4 Å². The molecule has 11 nitrogen and oxygen atoms in total. The van der Waals surface area contributed by atoms with Crippen LogP contribution in [0.4, 0.5) is 9.59 Å². The molecule has 3 atom stereocenters. The van der Waals surface area contributed by atoms with Gasteiger partial charge in [0.15, 0.2) is 11.5 Å². The second kappa shape index (κ2) is 15.4. The van der Waals surface area contributed by atoms with Crippen molar-refractivity contribution < 1.29 is 47.6 Å². The average molecular weight is 602 g/mol. The van der Waals surface area contributed by atoms with E-state index in [-0.39, 0.29) is 42.0 Å². The van der Waals surface area contributed by atoms with Crippen molar-refractivity contribution in [2.45, 2.75) is 80.1 Å². The molecular formula is C32H43NO10. The molecule has 0 amide bonds. The first kappa shape index (κ1) is 35.1. The van der Waals surface area contributed by atoms with E-state index in [1.165, 1.54) is 12.1 Å². The molecule has 0 fully saturated rings. The number of ether oxygens (including phenoxy) is 6. The highest BCUT2D eigenvalue weighted by Gasteiger charge is 2.26. The first-order valence-electron chi connectivity index (χ1n) is 14.0. The van der Waals surface area contributed by atoms with E-state index in [9.17, 15) is 19.2 Å². The molecule has 2 aromatic carbocycles. The zero-order chi connectivity index (χ0) is 32.4. The molecule has 0 aliphatic carbocycles. The van der Waals surface area contributed by atoms with Crippen LogP contribution in [-0.4, -0.2) is 55.7 Å². The number of hydrogen-bond acceptors (Lipinski definition) is 11. The number of benzene rings is 2. The van der Waals surface area contributed by atoms with Gasteiger partial charge in [-0.1, -0.05) is 65.8 Å². The SMILES string of the molecule is C[C@H](OC(=O)c1ccccc1)[C@H](C)OC(=O)[C@@H](N)Cc1ccc(OC(=O)OCC(C)(C)C)c(OC(=O)OCC(C)(C)C)c1. The van der Waals surface area contributed by atoms with Crippen molar-refractivity contribution in [3.8, 4) is 11.5 Å². The van der Waals surface area contributed by atoms with Gasteiger partial charge in [0.25, 0.3) is 0 Å². The van der Waals surface area contributed by atoms with Gasteiger partial charge in [-0.05, 0) is 60.9 Å². The van der Waals surface area contributed by atoms with Crippen molar-refractivity contribution in [3.63, 3.8) is 0 Å². The fourth-order valence-corrected chi connectivity index (χ4v) is 3.24. The molecule has 0 aliphatic heterocycles. The molecule has 0 saturated heterocycles. The van der Waals surface area contributed by atoms with Crippen LogP contribution in [0.2, 0.25) is 0 Å². The standard InChI is InChI=1S/C32H43NO10/c1-20(40-27(34)23-12-10-9-11-13-23)21(2)41-28(35)24(33)16-22-14-15-25(42-29(36)38-18-31(3,4)5)26(17-22)43-30(37)39-19-32(6,7)8/h9-15,17,20-21,24H,16,18-19,33H2,1-8H3/t20-,21-,24-/m0/s1. The van der Waals surface area contributed by atoms with Crippen molar-refractivity contribution in [3.05, 3.63) is 59.7 Å². The van der Waals surface area contributed by atoms with Crippen LogP contribution in [0.3, 0.4) is 0 Å². The minimum atomic E-state index is -1.11. The molecule has 43 heavy (non-hydrogen) atoms. The molecule has 0 heterocycles. The summed E-state index contributed by atoms with van der Waals surface area (Å²) in [6, 6.07) is 11.7. The molecule has 0 aliphatic rings. The van der Waals surface area contributed by atoms with E-state index in [0.717, 1.165) is 0 Å². The molecule has 0 unspecified atom stereocenters. The molecule has 0 saturated carbocycles. The maximum absolute atomic E-state index is 12.7. The Balaban J connectivity index is 2.09. The molecule has 236 valence electrons. The summed E-state index contributed by atoms with van der Waals surface area (Å²) in [5, 5.41) is 0. The van der Waals surface area contributed by atoms with Gasteiger partial charge < -0.3 is 34.2 Å². The molecule has 0 spiro atoms. The molecule has 2 rings (SSSR count). The van der Waals surface area contributed by atoms with Gasteiger partial charge in [0.2, 0.25) is 0 Å². The maximum atomic E-state index is 12.7. The summed E-state index contributed by atoms with van der Waals surface area (Å²) in [6.07, 6.45) is -3.51. The smallest absolute Gasteiger partial charge is 0.458 e. The molecule has 11 heteroatoms. The van der Waals surface area contributed by atoms with Crippen molar-refractivity contribution in [2.24, 2.45) is 16.6 Å². The van der Waals surface area contributed by atoms with Gasteiger partial charge in [-0.3, -0.25) is 4.79 Å². The summed E-state index contributed by atoms with van der Waals surface area (Å²) in [6.45, 7) is 14.7. The summed E-state index contributed by atoms with van der Waals surface area (Å²) in [5.41, 5.74) is 6.38. The van der Waals surface area contributed by atoms with Crippen LogP contribution < -0.4 is 15.2 Å². The van der Waals surface area contributed by atoms with Crippen LogP contribution in [0.15, 0.2) is 48.5 Å². The molecule has 2 N–H and O–H groups in total. The number of hydrogen-bond donors (Lipinski definition) is 1. The van der Waals surface area contributed by atoms with E-state index in [0.29, 0.717) is 11.1 Å². The minimum absolute atomic E-state index is 0.00805. The summed E-state index contributed by atoms with van der Waals surface area (Å²) in [5.74, 6) is -1.49. The summed E-state index contributed by atoms with van der Waals surface area (Å²) in [7, 11) is 0. The second-order valence-corrected chi connectivity index (χ2v) is 12.6. The van der Waals surface area contributed by atoms with Crippen LogP contribution in [0.1, 0.15) is 71.3 Å². The molecular weight excluding hydrogens is 558 g/mol. The Bertz CT molecular complexity index is 1250. The zero-order valence-electron chi connectivity index (χ0n) is 26.1. The van der Waals surface area contributed by atoms with Gasteiger partial charge in [-0.2, -0.15) is 0 Å². The van der Waals surface area contributed by atoms with Crippen LogP contribution in [0.25, 0.3) is 0 Å². The zero-order valence-corrected chi connectivity index (χ0v) is 26.1. The van der Waals surface area contributed by atoms with Crippen molar-refractivity contribution in [2.75, 3.05) is 13.2 Å². The third-order valence-corrected chi connectivity index (χ3v) is 5.66.